The van der Waals surface area contributed by atoms with Crippen LogP contribution in [0.15, 0.2) is 24.3 Å². The Hall–Kier alpha value is -0.860. The summed E-state index contributed by atoms with van der Waals surface area (Å²) in [6.07, 6.45) is 2.53. The van der Waals surface area contributed by atoms with Gasteiger partial charge in [-0.3, -0.25) is 0 Å². The molecule has 1 fully saturated rings. The molecule has 0 bridgehead atoms. The van der Waals surface area contributed by atoms with Gasteiger partial charge in [-0.2, -0.15) is 0 Å². The highest BCUT2D eigenvalue weighted by atomic mass is 14.9. The topological polar surface area (TPSA) is 24.1 Å². The highest BCUT2D eigenvalue weighted by Crippen LogP contribution is 2.36. The lowest BCUT2D eigenvalue weighted by Gasteiger charge is -2.10. The molecule has 2 nitrogen and oxygen atoms in total. The van der Waals surface area contributed by atoms with Gasteiger partial charge in [0.05, 0.1) is 0 Å². The molecule has 1 saturated carbocycles. The van der Waals surface area contributed by atoms with Crippen molar-refractivity contribution in [3.8, 4) is 0 Å². The molecule has 2 N–H and O–H groups in total. The molecular weight excluding hydrogens is 208 g/mol. The normalized spacial score (nSPS) is 22.7. The van der Waals surface area contributed by atoms with E-state index in [9.17, 15) is 0 Å². The lowest BCUT2D eigenvalue weighted by molar-refractivity contribution is 0.609. The van der Waals surface area contributed by atoms with Gasteiger partial charge in [-0.05, 0) is 55.9 Å². The summed E-state index contributed by atoms with van der Waals surface area (Å²) >= 11 is 0. The quantitative estimate of drug-likeness (QED) is 0.753. The van der Waals surface area contributed by atoms with Crippen molar-refractivity contribution in [2.45, 2.75) is 26.3 Å². The summed E-state index contributed by atoms with van der Waals surface area (Å²) in [4.78, 5) is 0. The second-order valence-electron chi connectivity index (χ2n) is 5.23. The number of hydrogen-bond acceptors (Lipinski definition) is 2. The largest absolute Gasteiger partial charge is 0.319 e. The molecule has 2 rings (SSSR count). The summed E-state index contributed by atoms with van der Waals surface area (Å²) in [6.45, 7) is 5.59. The lowest BCUT2D eigenvalue weighted by Crippen LogP contribution is -2.19. The minimum Gasteiger partial charge on any atom is -0.319 e. The van der Waals surface area contributed by atoms with Gasteiger partial charge in [0.2, 0.25) is 0 Å². The van der Waals surface area contributed by atoms with Gasteiger partial charge in [0, 0.05) is 6.54 Å². The zero-order chi connectivity index (χ0) is 12.1. The van der Waals surface area contributed by atoms with Gasteiger partial charge in [-0.15, -0.1) is 0 Å². The van der Waals surface area contributed by atoms with E-state index in [0.717, 1.165) is 31.3 Å². The van der Waals surface area contributed by atoms with Gasteiger partial charge < -0.3 is 10.6 Å². The monoisotopic (exact) mass is 232 g/mol. The molecule has 2 heteroatoms. The average molecular weight is 232 g/mol. The van der Waals surface area contributed by atoms with E-state index in [2.05, 4.69) is 41.8 Å². The SMILES string of the molecule is CNCCc1ccccc1CNCC1CC1C. The zero-order valence-electron chi connectivity index (χ0n) is 11.0. The van der Waals surface area contributed by atoms with Crippen LogP contribution in [0.4, 0.5) is 0 Å². The zero-order valence-corrected chi connectivity index (χ0v) is 11.0. The molecule has 0 amide bonds. The second-order valence-corrected chi connectivity index (χ2v) is 5.23. The molecule has 1 aromatic rings. The van der Waals surface area contributed by atoms with E-state index in [1.165, 1.54) is 24.1 Å². The molecule has 0 spiro atoms. The van der Waals surface area contributed by atoms with Crippen LogP contribution in [-0.2, 0) is 13.0 Å². The molecular formula is C15H24N2. The summed E-state index contributed by atoms with van der Waals surface area (Å²) in [6, 6.07) is 8.76. The maximum atomic E-state index is 3.59. The molecule has 94 valence electrons. The highest BCUT2D eigenvalue weighted by Gasteiger charge is 2.31. The average Bonchev–Trinajstić information content (AvgIpc) is 3.04. The van der Waals surface area contributed by atoms with Crippen molar-refractivity contribution >= 4 is 0 Å². The van der Waals surface area contributed by atoms with Crippen LogP contribution < -0.4 is 10.6 Å². The van der Waals surface area contributed by atoms with E-state index in [0.29, 0.717) is 0 Å². The van der Waals surface area contributed by atoms with E-state index >= 15 is 0 Å². The maximum absolute atomic E-state index is 3.59. The third-order valence-electron chi connectivity index (χ3n) is 3.76. The molecule has 0 aliphatic heterocycles. The third-order valence-corrected chi connectivity index (χ3v) is 3.76. The summed E-state index contributed by atoms with van der Waals surface area (Å²) in [5.74, 6) is 1.88. The molecule has 0 aromatic heterocycles. The van der Waals surface area contributed by atoms with Gasteiger partial charge >= 0.3 is 0 Å². The molecule has 0 saturated heterocycles. The Labute approximate surface area is 105 Å². The molecule has 1 aromatic carbocycles. The van der Waals surface area contributed by atoms with Crippen LogP contribution in [-0.4, -0.2) is 20.1 Å². The number of likely N-dealkylation sites (N-methyl/N-ethyl adjacent to an activating group) is 1. The smallest absolute Gasteiger partial charge is 0.0208 e. The van der Waals surface area contributed by atoms with Crippen LogP contribution in [0.3, 0.4) is 0 Å². The number of rotatable bonds is 7. The molecule has 2 atom stereocenters. The number of benzene rings is 1. The van der Waals surface area contributed by atoms with Crippen molar-refractivity contribution in [2.24, 2.45) is 11.8 Å². The summed E-state index contributed by atoms with van der Waals surface area (Å²) in [5, 5.41) is 6.80. The van der Waals surface area contributed by atoms with Crippen molar-refractivity contribution in [3.05, 3.63) is 35.4 Å². The van der Waals surface area contributed by atoms with Crippen molar-refractivity contribution < 1.29 is 0 Å². The fourth-order valence-electron chi connectivity index (χ4n) is 2.31. The Morgan fingerprint density at radius 1 is 1.24 bits per heavy atom. The van der Waals surface area contributed by atoms with Crippen LogP contribution in [0.5, 0.6) is 0 Å². The van der Waals surface area contributed by atoms with Crippen LogP contribution in [0.25, 0.3) is 0 Å². The fraction of sp³-hybridized carbons (Fsp3) is 0.600. The van der Waals surface area contributed by atoms with E-state index in [4.69, 9.17) is 0 Å². The van der Waals surface area contributed by atoms with Crippen molar-refractivity contribution in [1.82, 2.24) is 10.6 Å². The van der Waals surface area contributed by atoms with E-state index in [-0.39, 0.29) is 0 Å². The molecule has 1 aliphatic rings. The molecule has 0 radical (unpaired) electrons. The van der Waals surface area contributed by atoms with Gasteiger partial charge in [-0.1, -0.05) is 31.2 Å². The third kappa shape index (κ3) is 3.83. The first-order valence-electron chi connectivity index (χ1n) is 6.73. The molecule has 2 unspecified atom stereocenters. The molecule has 1 aliphatic carbocycles. The van der Waals surface area contributed by atoms with E-state index in [1.807, 2.05) is 7.05 Å². The van der Waals surface area contributed by atoms with Crippen LogP contribution in [0, 0.1) is 11.8 Å². The van der Waals surface area contributed by atoms with Gasteiger partial charge in [-0.25, -0.2) is 0 Å². The van der Waals surface area contributed by atoms with Crippen molar-refractivity contribution in [2.75, 3.05) is 20.1 Å². The standard InChI is InChI=1S/C15H24N2/c1-12-9-15(12)11-17-10-14-6-4-3-5-13(14)7-8-16-2/h3-6,12,15-17H,7-11H2,1-2H3. The van der Waals surface area contributed by atoms with Crippen molar-refractivity contribution in [3.63, 3.8) is 0 Å². The Morgan fingerprint density at radius 3 is 2.59 bits per heavy atom. The molecule has 17 heavy (non-hydrogen) atoms. The highest BCUT2D eigenvalue weighted by molar-refractivity contribution is 5.27. The van der Waals surface area contributed by atoms with E-state index < -0.39 is 0 Å². The first-order chi connectivity index (χ1) is 8.31. The summed E-state index contributed by atoms with van der Waals surface area (Å²) < 4.78 is 0. The first kappa shape index (κ1) is 12.6. The van der Waals surface area contributed by atoms with Crippen LogP contribution in [0.1, 0.15) is 24.5 Å². The first-order valence-corrected chi connectivity index (χ1v) is 6.73. The summed E-state index contributed by atoms with van der Waals surface area (Å²) in [5.41, 5.74) is 2.93. The predicted octanol–water partition coefficient (Wildman–Crippen LogP) is 2.19. The second kappa shape index (κ2) is 6.18. The fourth-order valence-corrected chi connectivity index (χ4v) is 2.31. The number of hydrogen-bond donors (Lipinski definition) is 2. The van der Waals surface area contributed by atoms with Crippen LogP contribution >= 0.6 is 0 Å². The Kier molecular flexibility index (Phi) is 4.57. The molecule has 0 heterocycles. The minimum atomic E-state index is 0.930. The Balaban J connectivity index is 1.81. The Bertz CT molecular complexity index is 349. The maximum Gasteiger partial charge on any atom is 0.0208 e. The van der Waals surface area contributed by atoms with Crippen LogP contribution in [0.2, 0.25) is 0 Å². The summed E-state index contributed by atoms with van der Waals surface area (Å²) in [7, 11) is 2.01. The lowest BCUT2D eigenvalue weighted by atomic mass is 10.0. The number of nitrogens with one attached hydrogen (secondary N) is 2. The van der Waals surface area contributed by atoms with Crippen molar-refractivity contribution in [1.29, 1.82) is 0 Å². The van der Waals surface area contributed by atoms with Gasteiger partial charge in [0.15, 0.2) is 0 Å². The van der Waals surface area contributed by atoms with E-state index in [1.54, 1.807) is 0 Å². The van der Waals surface area contributed by atoms with Gasteiger partial charge in [0.1, 0.15) is 0 Å². The minimum absolute atomic E-state index is 0.930. The Morgan fingerprint density at radius 2 is 1.94 bits per heavy atom. The van der Waals surface area contributed by atoms with Gasteiger partial charge in [0.25, 0.3) is 0 Å². The predicted molar refractivity (Wildman–Crippen MR) is 73.1 cm³/mol.